The van der Waals surface area contributed by atoms with Crippen molar-refractivity contribution < 1.29 is 54.1 Å². The summed E-state index contributed by atoms with van der Waals surface area (Å²) in [6.07, 6.45) is -12.4. The van der Waals surface area contributed by atoms with Crippen molar-refractivity contribution in [3.63, 3.8) is 0 Å². The number of carbonyl (C=O) groups excluding carboxylic acids is 2. The van der Waals surface area contributed by atoms with E-state index in [1.807, 2.05) is 0 Å². The Balaban J connectivity index is 2.29. The lowest BCUT2D eigenvalue weighted by Gasteiger charge is -2.46. The Labute approximate surface area is 160 Å². The van der Waals surface area contributed by atoms with Gasteiger partial charge in [0.1, 0.15) is 36.6 Å². The van der Waals surface area contributed by atoms with Crippen molar-refractivity contribution in [2.45, 2.75) is 82.1 Å². The molecule has 0 aromatic carbocycles. The van der Waals surface area contributed by atoms with Crippen molar-refractivity contribution in [1.29, 1.82) is 0 Å². The number of esters is 1. The molecule has 0 aromatic rings. The SMILES string of the molecule is CC(=O)N[C@@H]1[C@@H](O[C@@H]2O[C@@H](C)[C@H](O)[C@@H](O)[C@H]2OC(C)=O)[C@H](O)[C@@H](CO)O[C@H]1O. The molecule has 2 heterocycles. The Kier molecular flexibility index (Phi) is 7.70. The molecule has 6 N–H and O–H groups in total. The van der Waals surface area contributed by atoms with Gasteiger partial charge in [0.05, 0.1) is 12.7 Å². The number of rotatable bonds is 5. The molecule has 2 aliphatic rings. The highest BCUT2D eigenvalue weighted by Gasteiger charge is 2.51. The molecule has 2 fully saturated rings. The van der Waals surface area contributed by atoms with Crippen molar-refractivity contribution in [2.75, 3.05) is 6.61 Å². The smallest absolute Gasteiger partial charge is 0.303 e. The maximum atomic E-state index is 11.5. The molecule has 0 spiro atoms. The fraction of sp³-hybridized carbons (Fsp3) is 0.875. The molecule has 28 heavy (non-hydrogen) atoms. The summed E-state index contributed by atoms with van der Waals surface area (Å²) in [5, 5.41) is 52.6. The van der Waals surface area contributed by atoms with E-state index in [0.717, 1.165) is 6.92 Å². The zero-order chi connectivity index (χ0) is 21.2. The summed E-state index contributed by atoms with van der Waals surface area (Å²) in [5.74, 6) is -1.33. The number of carbonyl (C=O) groups is 2. The predicted octanol–water partition coefficient (Wildman–Crippen LogP) is -3.65. The van der Waals surface area contributed by atoms with Crippen LogP contribution >= 0.6 is 0 Å². The first-order chi connectivity index (χ1) is 13.1. The predicted molar refractivity (Wildman–Crippen MR) is 88.4 cm³/mol. The summed E-state index contributed by atoms with van der Waals surface area (Å²) >= 11 is 0. The number of amides is 1. The molecule has 2 aliphatic heterocycles. The Bertz CT molecular complexity index is 547. The van der Waals surface area contributed by atoms with Crippen molar-refractivity contribution in [1.82, 2.24) is 5.32 Å². The van der Waals surface area contributed by atoms with Gasteiger partial charge < -0.3 is 49.8 Å². The Morgan fingerprint density at radius 1 is 1.00 bits per heavy atom. The molecule has 0 bridgehead atoms. The van der Waals surface area contributed by atoms with Crippen molar-refractivity contribution in [3.8, 4) is 0 Å². The quantitative estimate of drug-likeness (QED) is 0.246. The zero-order valence-electron chi connectivity index (χ0n) is 15.7. The summed E-state index contributed by atoms with van der Waals surface area (Å²) in [6.45, 7) is 3.06. The fourth-order valence-electron chi connectivity index (χ4n) is 3.22. The number of aliphatic hydroxyl groups excluding tert-OH is 5. The van der Waals surface area contributed by atoms with Gasteiger partial charge in [-0.25, -0.2) is 0 Å². The third-order valence-corrected chi connectivity index (χ3v) is 4.62. The van der Waals surface area contributed by atoms with Crippen molar-refractivity contribution in [2.24, 2.45) is 0 Å². The van der Waals surface area contributed by atoms with Gasteiger partial charge in [-0.3, -0.25) is 9.59 Å². The number of ether oxygens (including phenoxy) is 4. The Hall–Kier alpha value is -1.38. The van der Waals surface area contributed by atoms with Crippen LogP contribution in [-0.4, -0.2) is 105 Å². The molecular formula is C16H27NO11. The first-order valence-electron chi connectivity index (χ1n) is 8.80. The lowest BCUT2D eigenvalue weighted by Crippen LogP contribution is -2.67. The highest BCUT2D eigenvalue weighted by molar-refractivity contribution is 5.73. The van der Waals surface area contributed by atoms with E-state index in [4.69, 9.17) is 18.9 Å². The van der Waals surface area contributed by atoms with E-state index in [1.54, 1.807) is 0 Å². The third kappa shape index (κ3) is 4.96. The largest absolute Gasteiger partial charge is 0.454 e. The Morgan fingerprint density at radius 3 is 2.18 bits per heavy atom. The zero-order valence-corrected chi connectivity index (χ0v) is 15.7. The molecule has 162 valence electrons. The second-order valence-corrected chi connectivity index (χ2v) is 6.83. The molecule has 2 rings (SSSR count). The van der Waals surface area contributed by atoms with E-state index in [-0.39, 0.29) is 0 Å². The highest BCUT2D eigenvalue weighted by Crippen LogP contribution is 2.29. The Morgan fingerprint density at radius 2 is 1.64 bits per heavy atom. The minimum atomic E-state index is -1.63. The minimum Gasteiger partial charge on any atom is -0.454 e. The van der Waals surface area contributed by atoms with Crippen LogP contribution in [0.15, 0.2) is 0 Å². The monoisotopic (exact) mass is 409 g/mol. The first kappa shape index (κ1) is 22.9. The number of hydrogen-bond acceptors (Lipinski definition) is 11. The van der Waals surface area contributed by atoms with Crippen LogP contribution in [0.5, 0.6) is 0 Å². The summed E-state index contributed by atoms with van der Waals surface area (Å²) in [4.78, 5) is 22.9. The molecule has 12 heteroatoms. The van der Waals surface area contributed by atoms with Crippen LogP contribution in [0.25, 0.3) is 0 Å². The van der Waals surface area contributed by atoms with Crippen LogP contribution in [0.4, 0.5) is 0 Å². The maximum Gasteiger partial charge on any atom is 0.303 e. The number of hydrogen-bond donors (Lipinski definition) is 6. The van der Waals surface area contributed by atoms with E-state index in [2.05, 4.69) is 5.32 Å². The van der Waals surface area contributed by atoms with Gasteiger partial charge in [0.2, 0.25) is 5.91 Å². The van der Waals surface area contributed by atoms with Crippen LogP contribution in [-0.2, 0) is 28.5 Å². The van der Waals surface area contributed by atoms with Crippen LogP contribution in [0.1, 0.15) is 20.8 Å². The number of nitrogens with one attached hydrogen (secondary N) is 1. The maximum absolute atomic E-state index is 11.5. The number of aliphatic hydroxyl groups is 5. The van der Waals surface area contributed by atoms with Crippen LogP contribution in [0.3, 0.4) is 0 Å². The highest BCUT2D eigenvalue weighted by atomic mass is 16.7. The van der Waals surface area contributed by atoms with Gasteiger partial charge >= 0.3 is 5.97 Å². The molecule has 12 nitrogen and oxygen atoms in total. The van der Waals surface area contributed by atoms with E-state index in [0.29, 0.717) is 0 Å². The van der Waals surface area contributed by atoms with E-state index in [9.17, 15) is 35.1 Å². The molecule has 0 saturated carbocycles. The van der Waals surface area contributed by atoms with Gasteiger partial charge in [-0.05, 0) is 6.92 Å². The van der Waals surface area contributed by atoms with E-state index < -0.39 is 79.8 Å². The van der Waals surface area contributed by atoms with Crippen LogP contribution < -0.4 is 5.32 Å². The molecule has 1 amide bonds. The van der Waals surface area contributed by atoms with Gasteiger partial charge in [0.25, 0.3) is 0 Å². The summed E-state index contributed by atoms with van der Waals surface area (Å²) in [5.41, 5.74) is 0. The summed E-state index contributed by atoms with van der Waals surface area (Å²) < 4.78 is 21.2. The van der Waals surface area contributed by atoms with E-state index in [1.165, 1.54) is 13.8 Å². The fourth-order valence-corrected chi connectivity index (χ4v) is 3.22. The lowest BCUT2D eigenvalue weighted by atomic mass is 9.95. The molecule has 0 unspecified atom stereocenters. The van der Waals surface area contributed by atoms with Gasteiger partial charge in [-0.1, -0.05) is 0 Å². The minimum absolute atomic E-state index is 0.555. The van der Waals surface area contributed by atoms with Gasteiger partial charge in [0, 0.05) is 13.8 Å². The molecular weight excluding hydrogens is 382 g/mol. The van der Waals surface area contributed by atoms with Crippen molar-refractivity contribution in [3.05, 3.63) is 0 Å². The van der Waals surface area contributed by atoms with Gasteiger partial charge in [-0.2, -0.15) is 0 Å². The molecule has 2 saturated heterocycles. The molecule has 10 atom stereocenters. The van der Waals surface area contributed by atoms with Crippen molar-refractivity contribution >= 4 is 11.9 Å². The summed E-state index contributed by atoms with van der Waals surface area (Å²) in [7, 11) is 0. The molecule has 0 radical (unpaired) electrons. The molecule has 0 aliphatic carbocycles. The van der Waals surface area contributed by atoms with E-state index >= 15 is 0 Å². The third-order valence-electron chi connectivity index (χ3n) is 4.62. The van der Waals surface area contributed by atoms with Crippen LogP contribution in [0.2, 0.25) is 0 Å². The van der Waals surface area contributed by atoms with Gasteiger partial charge in [-0.15, -0.1) is 0 Å². The first-order valence-corrected chi connectivity index (χ1v) is 8.80. The van der Waals surface area contributed by atoms with Gasteiger partial charge in [0.15, 0.2) is 18.7 Å². The van der Waals surface area contributed by atoms with Crippen LogP contribution in [0, 0.1) is 0 Å². The average molecular weight is 409 g/mol. The topological polar surface area (TPSA) is 184 Å². The molecule has 0 aromatic heterocycles. The average Bonchev–Trinajstić information content (AvgIpc) is 2.61. The second kappa shape index (κ2) is 9.41. The summed E-state index contributed by atoms with van der Waals surface area (Å²) in [6, 6.07) is -1.25. The second-order valence-electron chi connectivity index (χ2n) is 6.83. The standard InChI is InChI=1S/C16H27NO11/c1-5-10(21)12(23)14(26-7(3)20)16(25-5)28-13-9(17-6(2)19)15(24)27-8(4-18)11(13)22/h5,8-16,18,21-24H,4H2,1-3H3,(H,17,19)/t5-,8+,9+,10-,11+,12+,13+,14+,15+,16-/m0/s1. The normalized spacial score (nSPS) is 44.0. The lowest BCUT2D eigenvalue weighted by molar-refractivity contribution is -0.338.